The Labute approximate surface area is 126 Å². The maximum atomic E-state index is 10.3. The normalized spacial score (nSPS) is 12.2. The molecule has 0 aromatic heterocycles. The quantitative estimate of drug-likeness (QED) is 0.894. The summed E-state index contributed by atoms with van der Waals surface area (Å²) in [5.74, 6) is 0.732. The molecule has 0 bridgehead atoms. The Bertz CT molecular complexity index is 572. The van der Waals surface area contributed by atoms with E-state index in [1.807, 2.05) is 36.4 Å². The van der Waals surface area contributed by atoms with Crippen molar-refractivity contribution in [3.05, 3.63) is 63.1 Å². The lowest BCUT2D eigenvalue weighted by molar-refractivity contribution is 0.176. The molecule has 0 heterocycles. The van der Waals surface area contributed by atoms with Crippen LogP contribution < -0.4 is 4.74 Å². The average Bonchev–Trinajstić information content (AvgIpc) is 2.39. The van der Waals surface area contributed by atoms with E-state index >= 15 is 0 Å². The Morgan fingerprint density at radius 3 is 2.68 bits per heavy atom. The fraction of sp³-hybridized carbons (Fsp3) is 0.200. The third kappa shape index (κ3) is 3.50. The van der Waals surface area contributed by atoms with Crippen LogP contribution in [0.2, 0.25) is 5.02 Å². The summed E-state index contributed by atoms with van der Waals surface area (Å²) in [5, 5.41) is 11.0. The fourth-order valence-corrected chi connectivity index (χ4v) is 2.71. The van der Waals surface area contributed by atoms with Crippen LogP contribution in [0.25, 0.3) is 0 Å². The third-order valence-corrected chi connectivity index (χ3v) is 3.88. The van der Waals surface area contributed by atoms with Crippen LogP contribution in [0.4, 0.5) is 0 Å². The number of methoxy groups -OCH3 is 1. The van der Waals surface area contributed by atoms with E-state index in [4.69, 9.17) is 16.3 Å². The van der Waals surface area contributed by atoms with Gasteiger partial charge in [0.1, 0.15) is 5.75 Å². The van der Waals surface area contributed by atoms with E-state index in [0.717, 1.165) is 21.3 Å². The molecule has 2 nitrogen and oxygen atoms in total. The summed E-state index contributed by atoms with van der Waals surface area (Å²) in [7, 11) is 1.61. The van der Waals surface area contributed by atoms with Gasteiger partial charge in [0.2, 0.25) is 0 Å². The molecule has 0 saturated heterocycles. The molecule has 19 heavy (non-hydrogen) atoms. The van der Waals surface area contributed by atoms with Gasteiger partial charge in [-0.2, -0.15) is 0 Å². The van der Waals surface area contributed by atoms with Crippen LogP contribution in [-0.4, -0.2) is 12.2 Å². The molecule has 100 valence electrons. The molecule has 0 aliphatic rings. The van der Waals surface area contributed by atoms with Crippen LogP contribution >= 0.6 is 27.5 Å². The van der Waals surface area contributed by atoms with Gasteiger partial charge in [0.15, 0.2) is 0 Å². The minimum Gasteiger partial charge on any atom is -0.496 e. The highest BCUT2D eigenvalue weighted by atomic mass is 79.9. The first kappa shape index (κ1) is 14.4. The lowest BCUT2D eigenvalue weighted by atomic mass is 10.0. The molecule has 0 aliphatic heterocycles. The Balaban J connectivity index is 2.26. The molecule has 2 rings (SSSR count). The van der Waals surface area contributed by atoms with Crippen molar-refractivity contribution in [3.63, 3.8) is 0 Å². The van der Waals surface area contributed by atoms with Gasteiger partial charge in [0.25, 0.3) is 0 Å². The molecule has 2 aromatic rings. The van der Waals surface area contributed by atoms with Gasteiger partial charge in [0.05, 0.1) is 13.2 Å². The number of aliphatic hydroxyl groups is 1. The number of benzene rings is 2. The molecule has 0 amide bonds. The van der Waals surface area contributed by atoms with E-state index in [9.17, 15) is 5.11 Å². The topological polar surface area (TPSA) is 29.5 Å². The van der Waals surface area contributed by atoms with Crippen molar-refractivity contribution in [1.29, 1.82) is 0 Å². The molecule has 0 aliphatic carbocycles. The largest absolute Gasteiger partial charge is 0.496 e. The van der Waals surface area contributed by atoms with Crippen molar-refractivity contribution >= 4 is 27.5 Å². The first-order valence-electron chi connectivity index (χ1n) is 5.86. The van der Waals surface area contributed by atoms with Crippen LogP contribution in [0, 0.1) is 0 Å². The molecule has 0 radical (unpaired) electrons. The van der Waals surface area contributed by atoms with Crippen LogP contribution in [0.3, 0.4) is 0 Å². The molecule has 1 atom stereocenters. The predicted octanol–water partition coefficient (Wildman–Crippen LogP) is 4.39. The average molecular weight is 342 g/mol. The molecule has 1 N–H and O–H groups in total. The van der Waals surface area contributed by atoms with E-state index in [2.05, 4.69) is 15.9 Å². The molecule has 0 fully saturated rings. The molecule has 2 aromatic carbocycles. The highest BCUT2D eigenvalue weighted by Crippen LogP contribution is 2.30. The number of hydrogen-bond donors (Lipinski definition) is 1. The number of aliphatic hydroxyl groups excluding tert-OH is 1. The minimum absolute atomic E-state index is 0.451. The van der Waals surface area contributed by atoms with Gasteiger partial charge in [-0.05, 0) is 35.4 Å². The minimum atomic E-state index is -0.608. The van der Waals surface area contributed by atoms with Crippen molar-refractivity contribution in [2.75, 3.05) is 7.11 Å². The zero-order chi connectivity index (χ0) is 13.8. The number of halogens is 2. The predicted molar refractivity (Wildman–Crippen MR) is 80.8 cm³/mol. The summed E-state index contributed by atoms with van der Waals surface area (Å²) in [6.45, 7) is 0. The van der Waals surface area contributed by atoms with Crippen molar-refractivity contribution in [3.8, 4) is 5.75 Å². The summed E-state index contributed by atoms with van der Waals surface area (Å²) in [4.78, 5) is 0. The smallest absolute Gasteiger partial charge is 0.122 e. The van der Waals surface area contributed by atoms with Gasteiger partial charge >= 0.3 is 0 Å². The van der Waals surface area contributed by atoms with Gasteiger partial charge in [-0.25, -0.2) is 0 Å². The lowest BCUT2D eigenvalue weighted by Crippen LogP contribution is -2.04. The Morgan fingerprint density at radius 1 is 1.26 bits per heavy atom. The van der Waals surface area contributed by atoms with Crippen molar-refractivity contribution in [2.45, 2.75) is 12.5 Å². The van der Waals surface area contributed by atoms with Crippen molar-refractivity contribution in [2.24, 2.45) is 0 Å². The van der Waals surface area contributed by atoms with Crippen LogP contribution in [0.5, 0.6) is 5.75 Å². The van der Waals surface area contributed by atoms with Crippen LogP contribution in [-0.2, 0) is 6.42 Å². The van der Waals surface area contributed by atoms with Gasteiger partial charge in [-0.15, -0.1) is 0 Å². The van der Waals surface area contributed by atoms with Gasteiger partial charge in [-0.3, -0.25) is 0 Å². The summed E-state index contributed by atoms with van der Waals surface area (Å²) in [5.41, 5.74) is 1.74. The van der Waals surface area contributed by atoms with Crippen LogP contribution in [0.15, 0.2) is 46.9 Å². The molecule has 1 unspecified atom stereocenters. The Kier molecular flexibility index (Phi) is 4.86. The van der Waals surface area contributed by atoms with E-state index in [0.29, 0.717) is 11.4 Å². The first-order chi connectivity index (χ1) is 9.11. The fourth-order valence-electron chi connectivity index (χ4n) is 1.97. The molecule has 0 spiro atoms. The molecular formula is C15H14BrClO2. The zero-order valence-corrected chi connectivity index (χ0v) is 12.8. The molecular weight excluding hydrogens is 328 g/mol. The van der Waals surface area contributed by atoms with Crippen molar-refractivity contribution in [1.82, 2.24) is 0 Å². The van der Waals surface area contributed by atoms with E-state index < -0.39 is 6.10 Å². The zero-order valence-electron chi connectivity index (χ0n) is 10.4. The number of ether oxygens (including phenoxy) is 1. The summed E-state index contributed by atoms with van der Waals surface area (Å²) in [6, 6.07) is 13.0. The highest BCUT2D eigenvalue weighted by Gasteiger charge is 2.14. The second kappa shape index (κ2) is 6.42. The summed E-state index contributed by atoms with van der Waals surface area (Å²) >= 11 is 9.43. The van der Waals surface area contributed by atoms with E-state index in [1.54, 1.807) is 13.2 Å². The van der Waals surface area contributed by atoms with Crippen molar-refractivity contribution < 1.29 is 9.84 Å². The van der Waals surface area contributed by atoms with Gasteiger partial charge in [-0.1, -0.05) is 45.7 Å². The summed E-state index contributed by atoms with van der Waals surface area (Å²) < 4.78 is 6.18. The molecule has 4 heteroatoms. The number of rotatable bonds is 4. The van der Waals surface area contributed by atoms with E-state index in [1.165, 1.54) is 0 Å². The lowest BCUT2D eigenvalue weighted by Gasteiger charge is -2.15. The SMILES string of the molecule is COc1ccc(Cl)cc1CC(O)c1ccccc1Br. The van der Waals surface area contributed by atoms with E-state index in [-0.39, 0.29) is 0 Å². The first-order valence-corrected chi connectivity index (χ1v) is 7.04. The monoisotopic (exact) mass is 340 g/mol. The second-order valence-corrected chi connectivity index (χ2v) is 5.49. The Hall–Kier alpha value is -1.03. The second-order valence-electron chi connectivity index (χ2n) is 4.20. The Morgan fingerprint density at radius 2 is 2.00 bits per heavy atom. The molecule has 0 saturated carbocycles. The van der Waals surface area contributed by atoms with Gasteiger partial charge < -0.3 is 9.84 Å². The number of hydrogen-bond acceptors (Lipinski definition) is 2. The third-order valence-electron chi connectivity index (χ3n) is 2.92. The van der Waals surface area contributed by atoms with Gasteiger partial charge in [0, 0.05) is 15.9 Å². The maximum absolute atomic E-state index is 10.3. The van der Waals surface area contributed by atoms with Crippen LogP contribution in [0.1, 0.15) is 17.2 Å². The summed E-state index contributed by atoms with van der Waals surface area (Å²) in [6.07, 6.45) is -0.158. The maximum Gasteiger partial charge on any atom is 0.122 e. The standard InChI is InChI=1S/C15H14BrClO2/c1-19-15-7-6-11(17)8-10(15)9-14(18)12-4-2-3-5-13(12)16/h2-8,14,18H,9H2,1H3. The highest BCUT2D eigenvalue weighted by molar-refractivity contribution is 9.10.